The second-order valence-corrected chi connectivity index (χ2v) is 5.14. The summed E-state index contributed by atoms with van der Waals surface area (Å²) < 4.78 is 5.76. The Hall–Kier alpha value is -1.00. The van der Waals surface area contributed by atoms with E-state index in [0.717, 1.165) is 37.4 Å². The van der Waals surface area contributed by atoms with Crippen LogP contribution in [0.5, 0.6) is 0 Å². The molecule has 0 unspecified atom stereocenters. The highest BCUT2D eigenvalue weighted by Crippen LogP contribution is 2.25. The minimum atomic E-state index is -0.412. The fourth-order valence-corrected chi connectivity index (χ4v) is 2.42. The third-order valence-corrected chi connectivity index (χ3v) is 3.40. The molecule has 0 saturated carbocycles. The second kappa shape index (κ2) is 5.33. The minimum absolute atomic E-state index is 0.412. The maximum absolute atomic E-state index is 5.76. The highest BCUT2D eigenvalue weighted by atomic mass is 16.5. The molecule has 1 aliphatic heterocycles. The molecule has 0 bridgehead atoms. The highest BCUT2D eigenvalue weighted by molar-refractivity contribution is 5.29. The standard InChI is InChI=1S/C14H23N3O/c1-5-11-10-7-8-15-9-12(10)17-13(16-11)14(3,4)18-6-2/h15H,5-9H2,1-4H3. The summed E-state index contributed by atoms with van der Waals surface area (Å²) in [7, 11) is 0. The molecule has 0 radical (unpaired) electrons. The average Bonchev–Trinajstić information content (AvgIpc) is 2.37. The minimum Gasteiger partial charge on any atom is -0.368 e. The van der Waals surface area contributed by atoms with Crippen LogP contribution < -0.4 is 5.32 Å². The molecule has 1 N–H and O–H groups in total. The number of hydrogen-bond acceptors (Lipinski definition) is 4. The van der Waals surface area contributed by atoms with Gasteiger partial charge in [0, 0.05) is 18.8 Å². The van der Waals surface area contributed by atoms with Crippen molar-refractivity contribution in [2.24, 2.45) is 0 Å². The Morgan fingerprint density at radius 3 is 2.72 bits per heavy atom. The topological polar surface area (TPSA) is 47.0 Å². The Kier molecular flexibility index (Phi) is 3.97. The van der Waals surface area contributed by atoms with Gasteiger partial charge in [-0.1, -0.05) is 6.92 Å². The SMILES string of the molecule is CCOC(C)(C)c1nc(CC)c2c(n1)CNCC2. The smallest absolute Gasteiger partial charge is 0.160 e. The largest absolute Gasteiger partial charge is 0.368 e. The van der Waals surface area contributed by atoms with E-state index >= 15 is 0 Å². The molecular formula is C14H23N3O. The van der Waals surface area contributed by atoms with Gasteiger partial charge in [0.25, 0.3) is 0 Å². The van der Waals surface area contributed by atoms with Crippen molar-refractivity contribution in [2.45, 2.75) is 52.7 Å². The van der Waals surface area contributed by atoms with E-state index in [-0.39, 0.29) is 0 Å². The van der Waals surface area contributed by atoms with Gasteiger partial charge in [0.05, 0.1) is 5.69 Å². The first kappa shape index (κ1) is 13.4. The molecule has 1 aliphatic rings. The Bertz CT molecular complexity index is 412. The van der Waals surface area contributed by atoms with Gasteiger partial charge in [-0.05, 0) is 45.7 Å². The van der Waals surface area contributed by atoms with Crippen LogP contribution in [0.1, 0.15) is 50.5 Å². The lowest BCUT2D eigenvalue weighted by Crippen LogP contribution is -2.31. The molecule has 4 nitrogen and oxygen atoms in total. The van der Waals surface area contributed by atoms with Gasteiger partial charge in [0.2, 0.25) is 0 Å². The van der Waals surface area contributed by atoms with Gasteiger partial charge >= 0.3 is 0 Å². The van der Waals surface area contributed by atoms with E-state index in [1.165, 1.54) is 11.3 Å². The molecule has 0 aliphatic carbocycles. The molecule has 0 atom stereocenters. The molecule has 0 saturated heterocycles. The third-order valence-electron chi connectivity index (χ3n) is 3.40. The first-order chi connectivity index (χ1) is 8.58. The molecule has 18 heavy (non-hydrogen) atoms. The number of nitrogens with zero attached hydrogens (tertiary/aromatic N) is 2. The lowest BCUT2D eigenvalue weighted by atomic mass is 10.0. The van der Waals surface area contributed by atoms with Crippen molar-refractivity contribution in [1.29, 1.82) is 0 Å². The Balaban J connectivity index is 2.44. The quantitative estimate of drug-likeness (QED) is 0.886. The number of aromatic nitrogens is 2. The Morgan fingerprint density at radius 2 is 2.06 bits per heavy atom. The summed E-state index contributed by atoms with van der Waals surface area (Å²) in [6.07, 6.45) is 1.99. The van der Waals surface area contributed by atoms with Gasteiger partial charge in [-0.15, -0.1) is 0 Å². The molecular weight excluding hydrogens is 226 g/mol. The van der Waals surface area contributed by atoms with Crippen LogP contribution in [0.4, 0.5) is 0 Å². The van der Waals surface area contributed by atoms with Crippen LogP contribution in [-0.4, -0.2) is 23.1 Å². The van der Waals surface area contributed by atoms with Crippen molar-refractivity contribution >= 4 is 0 Å². The van der Waals surface area contributed by atoms with Crippen LogP contribution in [0.15, 0.2) is 0 Å². The Labute approximate surface area is 109 Å². The van der Waals surface area contributed by atoms with Crippen LogP contribution in [0, 0.1) is 0 Å². The second-order valence-electron chi connectivity index (χ2n) is 5.14. The summed E-state index contributed by atoms with van der Waals surface area (Å²) in [4.78, 5) is 9.44. The fourth-order valence-electron chi connectivity index (χ4n) is 2.42. The van der Waals surface area contributed by atoms with Crippen molar-refractivity contribution in [3.63, 3.8) is 0 Å². The lowest BCUT2D eigenvalue weighted by Gasteiger charge is -2.26. The number of ether oxygens (including phenoxy) is 1. The first-order valence-corrected chi connectivity index (χ1v) is 6.82. The van der Waals surface area contributed by atoms with Gasteiger partial charge in [-0.3, -0.25) is 0 Å². The van der Waals surface area contributed by atoms with Gasteiger partial charge in [0.15, 0.2) is 5.82 Å². The van der Waals surface area contributed by atoms with Gasteiger partial charge in [-0.25, -0.2) is 9.97 Å². The van der Waals surface area contributed by atoms with Crippen molar-refractivity contribution in [3.8, 4) is 0 Å². The monoisotopic (exact) mass is 249 g/mol. The van der Waals surface area contributed by atoms with Crippen LogP contribution in [-0.2, 0) is 29.7 Å². The van der Waals surface area contributed by atoms with E-state index in [4.69, 9.17) is 14.7 Å². The zero-order valence-electron chi connectivity index (χ0n) is 11.8. The average molecular weight is 249 g/mol. The van der Waals surface area contributed by atoms with Crippen molar-refractivity contribution in [3.05, 3.63) is 22.8 Å². The van der Waals surface area contributed by atoms with Gasteiger partial charge < -0.3 is 10.1 Å². The third kappa shape index (κ3) is 2.54. The molecule has 0 spiro atoms. The van der Waals surface area contributed by atoms with E-state index in [1.54, 1.807) is 0 Å². The molecule has 0 amide bonds. The van der Waals surface area contributed by atoms with Crippen molar-refractivity contribution < 1.29 is 4.74 Å². The Morgan fingerprint density at radius 1 is 1.28 bits per heavy atom. The summed E-state index contributed by atoms with van der Waals surface area (Å²) in [6, 6.07) is 0. The van der Waals surface area contributed by atoms with E-state index in [9.17, 15) is 0 Å². The van der Waals surface area contributed by atoms with E-state index < -0.39 is 5.60 Å². The molecule has 2 rings (SSSR count). The van der Waals surface area contributed by atoms with E-state index in [0.29, 0.717) is 6.61 Å². The summed E-state index contributed by atoms with van der Waals surface area (Å²) in [5, 5.41) is 3.37. The zero-order valence-corrected chi connectivity index (χ0v) is 11.8. The molecule has 1 aromatic rings. The normalized spacial score (nSPS) is 15.6. The predicted molar refractivity (Wildman–Crippen MR) is 71.5 cm³/mol. The van der Waals surface area contributed by atoms with Crippen LogP contribution in [0.3, 0.4) is 0 Å². The maximum Gasteiger partial charge on any atom is 0.160 e. The summed E-state index contributed by atoms with van der Waals surface area (Å²) in [5.74, 6) is 0.809. The van der Waals surface area contributed by atoms with Gasteiger partial charge in [0.1, 0.15) is 5.60 Å². The number of nitrogens with one attached hydrogen (secondary N) is 1. The predicted octanol–water partition coefficient (Wildman–Crippen LogP) is 1.96. The fraction of sp³-hybridized carbons (Fsp3) is 0.714. The highest BCUT2D eigenvalue weighted by Gasteiger charge is 2.27. The number of aryl methyl sites for hydroxylation is 1. The maximum atomic E-state index is 5.76. The summed E-state index contributed by atoms with van der Waals surface area (Å²) in [6.45, 7) is 10.8. The molecule has 2 heterocycles. The number of hydrogen-bond donors (Lipinski definition) is 1. The van der Waals surface area contributed by atoms with Crippen LogP contribution in [0.2, 0.25) is 0 Å². The summed E-state index contributed by atoms with van der Waals surface area (Å²) in [5.41, 5.74) is 3.26. The molecule has 100 valence electrons. The number of rotatable bonds is 4. The van der Waals surface area contributed by atoms with E-state index in [1.807, 2.05) is 20.8 Å². The summed E-state index contributed by atoms with van der Waals surface area (Å²) >= 11 is 0. The zero-order chi connectivity index (χ0) is 13.2. The van der Waals surface area contributed by atoms with Crippen LogP contribution >= 0.6 is 0 Å². The van der Waals surface area contributed by atoms with Gasteiger partial charge in [-0.2, -0.15) is 0 Å². The molecule has 1 aromatic heterocycles. The molecule has 0 aromatic carbocycles. The van der Waals surface area contributed by atoms with Crippen LogP contribution in [0.25, 0.3) is 0 Å². The molecule has 0 fully saturated rings. The first-order valence-electron chi connectivity index (χ1n) is 6.82. The molecule has 4 heteroatoms. The van der Waals surface area contributed by atoms with Crippen molar-refractivity contribution in [2.75, 3.05) is 13.2 Å². The lowest BCUT2D eigenvalue weighted by molar-refractivity contribution is -0.0211. The van der Waals surface area contributed by atoms with Crippen molar-refractivity contribution in [1.82, 2.24) is 15.3 Å². The van der Waals surface area contributed by atoms with E-state index in [2.05, 4.69) is 12.2 Å². The number of fused-ring (bicyclic) bond motifs is 1.